The van der Waals surface area contributed by atoms with Crippen molar-refractivity contribution in [3.63, 3.8) is 0 Å². The van der Waals surface area contributed by atoms with Gasteiger partial charge in [-0.05, 0) is 12.1 Å². The predicted molar refractivity (Wildman–Crippen MR) is 72.3 cm³/mol. The van der Waals surface area contributed by atoms with Crippen molar-refractivity contribution < 1.29 is 28.2 Å². The van der Waals surface area contributed by atoms with Crippen molar-refractivity contribution in [2.45, 2.75) is 18.2 Å². The van der Waals surface area contributed by atoms with Crippen LogP contribution in [0.5, 0.6) is 5.75 Å². The normalized spacial score (nSPS) is 14.3. The van der Waals surface area contributed by atoms with Gasteiger partial charge in [0.05, 0.1) is 6.42 Å². The molecule has 0 aliphatic carbocycles. The molecule has 1 atom stereocenters. The largest absolute Gasteiger partial charge is 0.504 e. The lowest BCUT2D eigenvalue weighted by Gasteiger charge is -2.29. The van der Waals surface area contributed by atoms with Crippen molar-refractivity contribution in [3.05, 3.63) is 36.5 Å². The second-order valence-electron chi connectivity index (χ2n) is 4.82. The van der Waals surface area contributed by atoms with Crippen molar-refractivity contribution in [1.29, 1.82) is 0 Å². The topological polar surface area (TPSA) is 100 Å². The number of pyridine rings is 1. The van der Waals surface area contributed by atoms with Crippen LogP contribution in [0.4, 0.5) is 19.0 Å². The fourth-order valence-corrected chi connectivity index (χ4v) is 1.97. The monoisotopic (exact) mass is 330 g/mol. The van der Waals surface area contributed by atoms with Crippen LogP contribution < -0.4 is 5.32 Å². The van der Waals surface area contributed by atoms with Gasteiger partial charge in [0.1, 0.15) is 0 Å². The summed E-state index contributed by atoms with van der Waals surface area (Å²) in [4.78, 5) is 19.0. The Kier molecular flexibility index (Phi) is 4.28. The first-order valence-electron chi connectivity index (χ1n) is 6.36. The average molecular weight is 330 g/mol. The zero-order chi connectivity index (χ0) is 17.3. The Labute approximate surface area is 128 Å². The van der Waals surface area contributed by atoms with Gasteiger partial charge in [-0.2, -0.15) is 13.2 Å². The molecule has 2 rings (SSSR count). The summed E-state index contributed by atoms with van der Waals surface area (Å²) >= 11 is 0. The molecule has 1 amide bonds. The Balaban J connectivity index is 2.28. The van der Waals surface area contributed by atoms with E-state index in [2.05, 4.69) is 9.97 Å². The minimum absolute atomic E-state index is 0.304. The number of imidazole rings is 1. The SMILES string of the molecule is Cn1ccnc1C(O)(CC(=O)Nc1ncccc1O)C(F)(F)F. The minimum Gasteiger partial charge on any atom is -0.504 e. The van der Waals surface area contributed by atoms with E-state index in [1.807, 2.05) is 5.32 Å². The van der Waals surface area contributed by atoms with Gasteiger partial charge in [-0.15, -0.1) is 0 Å². The molecule has 0 saturated carbocycles. The second kappa shape index (κ2) is 5.88. The molecule has 124 valence electrons. The third kappa shape index (κ3) is 3.26. The molecule has 0 aromatic carbocycles. The number of nitrogens with zero attached hydrogens (tertiary/aromatic N) is 3. The number of nitrogens with one attached hydrogen (secondary N) is 1. The number of alkyl halides is 3. The van der Waals surface area contributed by atoms with E-state index < -0.39 is 35.7 Å². The first-order chi connectivity index (χ1) is 10.6. The van der Waals surface area contributed by atoms with Gasteiger partial charge in [0.2, 0.25) is 11.5 Å². The number of anilines is 1. The molecule has 0 aliphatic rings. The average Bonchev–Trinajstić information content (AvgIpc) is 2.86. The van der Waals surface area contributed by atoms with Crippen molar-refractivity contribution in [2.24, 2.45) is 7.05 Å². The molecule has 0 bridgehead atoms. The molecule has 1 unspecified atom stereocenters. The summed E-state index contributed by atoms with van der Waals surface area (Å²) in [6, 6.07) is 2.59. The lowest BCUT2D eigenvalue weighted by atomic mass is 9.97. The molecule has 0 fully saturated rings. The standard InChI is InChI=1S/C13H13F3N4O3/c1-20-6-5-18-11(20)12(23,13(14,15)16)7-9(22)19-10-8(21)3-2-4-17-10/h2-6,21,23H,7H2,1H3,(H,17,19,22). The summed E-state index contributed by atoms with van der Waals surface area (Å²) in [6.07, 6.45) is -2.93. The fourth-order valence-electron chi connectivity index (χ4n) is 1.97. The highest BCUT2D eigenvalue weighted by molar-refractivity contribution is 5.91. The van der Waals surface area contributed by atoms with Gasteiger partial charge >= 0.3 is 6.18 Å². The van der Waals surface area contributed by atoms with Gasteiger partial charge in [-0.3, -0.25) is 4.79 Å². The summed E-state index contributed by atoms with van der Waals surface area (Å²) in [5.41, 5.74) is -3.47. The maximum Gasteiger partial charge on any atom is 0.425 e. The highest BCUT2D eigenvalue weighted by Gasteiger charge is 2.58. The van der Waals surface area contributed by atoms with Crippen LogP contribution >= 0.6 is 0 Å². The number of rotatable bonds is 4. The van der Waals surface area contributed by atoms with E-state index >= 15 is 0 Å². The van der Waals surface area contributed by atoms with Crippen LogP contribution in [0.25, 0.3) is 0 Å². The lowest BCUT2D eigenvalue weighted by Crippen LogP contribution is -2.46. The van der Waals surface area contributed by atoms with E-state index in [-0.39, 0.29) is 5.82 Å². The van der Waals surface area contributed by atoms with Crippen LogP contribution in [-0.2, 0) is 17.4 Å². The van der Waals surface area contributed by atoms with E-state index in [4.69, 9.17) is 0 Å². The molecule has 0 spiro atoms. The summed E-state index contributed by atoms with van der Waals surface area (Å²) in [7, 11) is 1.27. The molecular weight excluding hydrogens is 317 g/mol. The van der Waals surface area contributed by atoms with Crippen LogP contribution in [0, 0.1) is 0 Å². The number of aromatic hydroxyl groups is 1. The molecule has 7 nitrogen and oxygen atoms in total. The third-order valence-electron chi connectivity index (χ3n) is 3.12. The molecule has 3 N–H and O–H groups in total. The first-order valence-corrected chi connectivity index (χ1v) is 6.36. The Bertz CT molecular complexity index is 716. The van der Waals surface area contributed by atoms with E-state index in [1.165, 1.54) is 31.6 Å². The summed E-state index contributed by atoms with van der Waals surface area (Å²) in [5.74, 6) is -2.61. The van der Waals surface area contributed by atoms with Gasteiger partial charge in [0.25, 0.3) is 0 Å². The van der Waals surface area contributed by atoms with E-state index in [1.54, 1.807) is 0 Å². The summed E-state index contributed by atoms with van der Waals surface area (Å²) in [5, 5.41) is 21.5. The molecule has 10 heteroatoms. The summed E-state index contributed by atoms with van der Waals surface area (Å²) < 4.78 is 40.8. The predicted octanol–water partition coefficient (Wildman–Crippen LogP) is 1.30. The van der Waals surface area contributed by atoms with Crippen LogP contribution in [-0.4, -0.2) is 36.8 Å². The molecule has 2 aromatic rings. The lowest BCUT2D eigenvalue weighted by molar-refractivity contribution is -0.270. The van der Waals surface area contributed by atoms with Crippen molar-refractivity contribution in [2.75, 3.05) is 5.32 Å². The van der Waals surface area contributed by atoms with Gasteiger partial charge in [0.15, 0.2) is 17.4 Å². The number of aryl methyl sites for hydroxylation is 1. The highest BCUT2D eigenvalue weighted by Crippen LogP contribution is 2.41. The van der Waals surface area contributed by atoms with E-state index in [0.29, 0.717) is 0 Å². The smallest absolute Gasteiger partial charge is 0.425 e. The van der Waals surface area contributed by atoms with Crippen LogP contribution in [0.2, 0.25) is 0 Å². The van der Waals surface area contributed by atoms with Crippen molar-refractivity contribution in [1.82, 2.24) is 14.5 Å². The molecular formula is C13H13F3N4O3. The number of hydrogen-bond donors (Lipinski definition) is 3. The van der Waals surface area contributed by atoms with E-state index in [9.17, 15) is 28.2 Å². The van der Waals surface area contributed by atoms with Gasteiger partial charge in [0, 0.05) is 25.6 Å². The van der Waals surface area contributed by atoms with Crippen LogP contribution in [0.1, 0.15) is 12.2 Å². The number of amides is 1. The number of aromatic nitrogens is 3. The number of hydrogen-bond acceptors (Lipinski definition) is 5. The first kappa shape index (κ1) is 16.7. The molecule has 23 heavy (non-hydrogen) atoms. The van der Waals surface area contributed by atoms with Gasteiger partial charge < -0.3 is 20.1 Å². The number of carbonyl (C=O) groups excluding carboxylic acids is 1. The Hall–Kier alpha value is -2.62. The molecule has 0 saturated heterocycles. The molecule has 0 aliphatic heterocycles. The maximum atomic E-state index is 13.3. The van der Waals surface area contributed by atoms with Crippen LogP contribution in [0.15, 0.2) is 30.7 Å². The molecule has 2 aromatic heterocycles. The zero-order valence-electron chi connectivity index (χ0n) is 11.9. The number of carbonyl (C=O) groups is 1. The van der Waals surface area contributed by atoms with E-state index in [0.717, 1.165) is 10.8 Å². The minimum atomic E-state index is -5.13. The van der Waals surface area contributed by atoms with Gasteiger partial charge in [-0.1, -0.05) is 0 Å². The Morgan fingerprint density at radius 3 is 2.57 bits per heavy atom. The summed E-state index contributed by atoms with van der Waals surface area (Å²) in [6.45, 7) is 0. The Morgan fingerprint density at radius 1 is 1.35 bits per heavy atom. The molecule has 2 heterocycles. The molecule has 0 radical (unpaired) electrons. The Morgan fingerprint density at radius 2 is 2.04 bits per heavy atom. The highest BCUT2D eigenvalue weighted by atomic mass is 19.4. The fraction of sp³-hybridized carbons (Fsp3) is 0.308. The van der Waals surface area contributed by atoms with Crippen molar-refractivity contribution in [3.8, 4) is 5.75 Å². The second-order valence-corrected chi connectivity index (χ2v) is 4.82. The van der Waals surface area contributed by atoms with Gasteiger partial charge in [-0.25, -0.2) is 9.97 Å². The number of aliphatic hydroxyl groups is 1. The quantitative estimate of drug-likeness (QED) is 0.784. The number of halogens is 3. The third-order valence-corrected chi connectivity index (χ3v) is 3.12. The zero-order valence-corrected chi connectivity index (χ0v) is 11.9. The maximum absolute atomic E-state index is 13.3. The van der Waals surface area contributed by atoms with Crippen molar-refractivity contribution >= 4 is 11.7 Å². The van der Waals surface area contributed by atoms with Crippen LogP contribution in [0.3, 0.4) is 0 Å².